The lowest BCUT2D eigenvalue weighted by Crippen LogP contribution is -2.41. The van der Waals surface area contributed by atoms with Gasteiger partial charge in [-0.05, 0) is 55.8 Å². The Labute approximate surface area is 227 Å². The van der Waals surface area contributed by atoms with Crippen molar-refractivity contribution in [1.82, 2.24) is 0 Å². The fraction of sp³-hybridized carbons (Fsp3) is 0.188. The van der Waals surface area contributed by atoms with Crippen molar-refractivity contribution in [1.29, 1.82) is 0 Å². The van der Waals surface area contributed by atoms with Crippen LogP contribution in [0.2, 0.25) is 0 Å². The molecule has 7 nitrogen and oxygen atoms in total. The number of carbonyl (C=O) groups excluding carboxylic acids is 2. The maximum absolute atomic E-state index is 14.2. The molecule has 0 bridgehead atoms. The Kier molecular flexibility index (Phi) is 6.40. The molecule has 1 aliphatic carbocycles. The number of carbonyl (C=O) groups is 2. The second kappa shape index (κ2) is 10.2. The molecule has 6 rings (SSSR count). The predicted octanol–water partition coefficient (Wildman–Crippen LogP) is 7.20. The highest BCUT2D eigenvalue weighted by Crippen LogP contribution is 2.49. The molecule has 0 saturated heterocycles. The van der Waals surface area contributed by atoms with E-state index in [2.05, 4.69) is 10.6 Å². The monoisotopic (exact) mass is 519 g/mol. The van der Waals surface area contributed by atoms with E-state index in [0.29, 0.717) is 29.1 Å². The molecule has 2 atom stereocenters. The minimum Gasteiger partial charge on any atom is -0.496 e. The predicted molar refractivity (Wildman–Crippen MR) is 151 cm³/mol. The molecule has 196 valence electrons. The van der Waals surface area contributed by atoms with Crippen molar-refractivity contribution < 1.29 is 18.7 Å². The Morgan fingerprint density at radius 1 is 0.974 bits per heavy atom. The Balaban J connectivity index is 1.54. The number of methoxy groups -OCH3 is 1. The minimum absolute atomic E-state index is 0.0398. The van der Waals surface area contributed by atoms with Crippen LogP contribution in [0.4, 0.5) is 21.9 Å². The normalized spacial score (nSPS) is 18.5. The number of rotatable bonds is 4. The van der Waals surface area contributed by atoms with Gasteiger partial charge in [-0.1, -0.05) is 48.0 Å². The molecule has 0 spiro atoms. The first kappa shape index (κ1) is 24.6. The molecule has 2 amide bonds. The van der Waals surface area contributed by atoms with Crippen molar-refractivity contribution in [3.8, 4) is 5.75 Å². The summed E-state index contributed by atoms with van der Waals surface area (Å²) in [7, 11) is 1.60. The highest BCUT2D eigenvalue weighted by molar-refractivity contribution is 6.09. The Bertz CT molecular complexity index is 1560. The lowest BCUT2D eigenvalue weighted by atomic mass is 9.80. The van der Waals surface area contributed by atoms with E-state index in [-0.39, 0.29) is 24.2 Å². The Morgan fingerprint density at radius 3 is 2.51 bits per heavy atom. The van der Waals surface area contributed by atoms with E-state index >= 15 is 0 Å². The number of aryl methyl sites for hydroxylation is 1. The van der Waals surface area contributed by atoms with Crippen molar-refractivity contribution in [2.75, 3.05) is 22.6 Å². The third-order valence-corrected chi connectivity index (χ3v) is 7.39. The zero-order chi connectivity index (χ0) is 26.9. The summed E-state index contributed by atoms with van der Waals surface area (Å²) in [5, 5.41) is 6.59. The molecule has 2 N–H and O–H groups in total. The number of allylic oxidation sites excluding steroid dienone is 1. The Hall–Kier alpha value is -4.78. The van der Waals surface area contributed by atoms with Gasteiger partial charge in [0.15, 0.2) is 5.78 Å². The van der Waals surface area contributed by atoms with E-state index in [1.54, 1.807) is 18.3 Å². The zero-order valence-corrected chi connectivity index (χ0v) is 21.8. The Morgan fingerprint density at radius 2 is 1.74 bits per heavy atom. The smallest absolute Gasteiger partial charge is 0.327 e. The topological polar surface area (TPSA) is 83.8 Å². The maximum atomic E-state index is 14.2. The quantitative estimate of drug-likeness (QED) is 0.298. The second-order valence-electron chi connectivity index (χ2n) is 9.89. The lowest BCUT2D eigenvalue weighted by Gasteiger charge is -2.35. The number of urea groups is 1. The summed E-state index contributed by atoms with van der Waals surface area (Å²) in [6, 6.07) is 25.5. The average molecular weight is 520 g/mol. The van der Waals surface area contributed by atoms with Gasteiger partial charge < -0.3 is 19.8 Å². The number of benzene rings is 3. The van der Waals surface area contributed by atoms with Crippen LogP contribution in [-0.4, -0.2) is 18.9 Å². The summed E-state index contributed by atoms with van der Waals surface area (Å²) in [4.78, 5) is 29.9. The molecular formula is C32H29N3O4. The number of ether oxygens (including phenoxy) is 1. The van der Waals surface area contributed by atoms with Crippen LogP contribution in [0, 0.1) is 6.92 Å². The van der Waals surface area contributed by atoms with Crippen molar-refractivity contribution in [2.45, 2.75) is 31.7 Å². The molecule has 1 aromatic heterocycles. The summed E-state index contributed by atoms with van der Waals surface area (Å²) in [6.45, 7) is 2.00. The highest BCUT2D eigenvalue weighted by atomic mass is 16.5. The second-order valence-corrected chi connectivity index (χ2v) is 9.89. The number of anilines is 3. The number of hydrogen-bond acceptors (Lipinski definition) is 5. The molecule has 0 fully saturated rings. The van der Waals surface area contributed by atoms with Crippen LogP contribution in [-0.2, 0) is 4.79 Å². The van der Waals surface area contributed by atoms with E-state index in [9.17, 15) is 9.59 Å². The van der Waals surface area contributed by atoms with Crippen LogP contribution in [0.25, 0.3) is 0 Å². The SMILES string of the molecule is COc1ccccc1C1C2=C(CC(c3ccco3)CC2=O)Nc2ccccc2N1C(=O)Nc1ccc(C)cc1. The average Bonchev–Trinajstić information content (AvgIpc) is 3.44. The van der Waals surface area contributed by atoms with Crippen molar-refractivity contribution in [2.24, 2.45) is 0 Å². The van der Waals surface area contributed by atoms with Gasteiger partial charge >= 0.3 is 6.03 Å². The molecule has 39 heavy (non-hydrogen) atoms. The number of ketones is 1. The highest BCUT2D eigenvalue weighted by Gasteiger charge is 2.43. The zero-order valence-electron chi connectivity index (χ0n) is 21.8. The third-order valence-electron chi connectivity index (χ3n) is 7.39. The number of Topliss-reactive ketones (excluding diaryl/α,β-unsaturated/α-hetero) is 1. The number of furan rings is 1. The molecule has 2 aliphatic rings. The van der Waals surface area contributed by atoms with Crippen LogP contribution in [0.1, 0.15) is 41.7 Å². The summed E-state index contributed by atoms with van der Waals surface area (Å²) < 4.78 is 11.4. The number of nitrogens with one attached hydrogen (secondary N) is 2. The van der Waals surface area contributed by atoms with Gasteiger partial charge in [-0.25, -0.2) is 4.79 Å². The van der Waals surface area contributed by atoms with Crippen LogP contribution in [0.15, 0.2) is 107 Å². The molecule has 0 radical (unpaired) electrons. The number of nitrogens with zero attached hydrogens (tertiary/aromatic N) is 1. The molecule has 2 heterocycles. The van der Waals surface area contributed by atoms with Crippen molar-refractivity contribution in [3.05, 3.63) is 119 Å². The van der Waals surface area contributed by atoms with Crippen LogP contribution in [0.3, 0.4) is 0 Å². The van der Waals surface area contributed by atoms with Gasteiger partial charge in [0.25, 0.3) is 0 Å². The largest absolute Gasteiger partial charge is 0.496 e. The van der Waals surface area contributed by atoms with Gasteiger partial charge in [0, 0.05) is 34.9 Å². The molecule has 7 heteroatoms. The van der Waals surface area contributed by atoms with E-state index in [1.165, 1.54) is 0 Å². The fourth-order valence-electron chi connectivity index (χ4n) is 5.55. The van der Waals surface area contributed by atoms with Gasteiger partial charge in [0.05, 0.1) is 30.8 Å². The molecule has 0 saturated carbocycles. The number of para-hydroxylation sites is 3. The maximum Gasteiger partial charge on any atom is 0.327 e. The van der Waals surface area contributed by atoms with E-state index in [1.807, 2.05) is 91.9 Å². The van der Waals surface area contributed by atoms with Gasteiger partial charge in [-0.2, -0.15) is 0 Å². The fourth-order valence-corrected chi connectivity index (χ4v) is 5.55. The van der Waals surface area contributed by atoms with E-state index in [0.717, 1.165) is 28.3 Å². The summed E-state index contributed by atoms with van der Waals surface area (Å²) in [6.07, 6.45) is 2.49. The molecule has 2 unspecified atom stereocenters. The van der Waals surface area contributed by atoms with Crippen LogP contribution < -0.4 is 20.3 Å². The first-order chi connectivity index (χ1) is 19.0. The minimum atomic E-state index is -0.720. The van der Waals surface area contributed by atoms with Gasteiger partial charge in [0.1, 0.15) is 11.5 Å². The van der Waals surface area contributed by atoms with E-state index < -0.39 is 6.04 Å². The molecule has 3 aromatic carbocycles. The van der Waals surface area contributed by atoms with Crippen molar-refractivity contribution >= 4 is 28.9 Å². The first-order valence-corrected chi connectivity index (χ1v) is 13.0. The van der Waals surface area contributed by atoms with Gasteiger partial charge in [0.2, 0.25) is 0 Å². The number of fused-ring (bicyclic) bond motifs is 1. The lowest BCUT2D eigenvalue weighted by molar-refractivity contribution is -0.116. The molecule has 1 aliphatic heterocycles. The molecular weight excluding hydrogens is 490 g/mol. The van der Waals surface area contributed by atoms with Crippen LogP contribution >= 0.6 is 0 Å². The van der Waals surface area contributed by atoms with Crippen molar-refractivity contribution in [3.63, 3.8) is 0 Å². The molecule has 4 aromatic rings. The summed E-state index contributed by atoms with van der Waals surface area (Å²) in [5.74, 6) is 1.24. The van der Waals surface area contributed by atoms with Gasteiger partial charge in [-0.3, -0.25) is 9.69 Å². The number of amides is 2. The van der Waals surface area contributed by atoms with E-state index in [4.69, 9.17) is 9.15 Å². The standard InChI is InChI=1S/C32H29N3O4/c1-20-13-15-22(16-14-20)33-32(37)35-26-10-5-4-9-24(26)34-25-18-21(28-12-7-17-39-28)19-27(36)30(25)31(35)23-8-3-6-11-29(23)38-2/h3-17,21,31,34H,18-19H2,1-2H3,(H,33,37). The number of hydrogen-bond donors (Lipinski definition) is 2. The van der Waals surface area contributed by atoms with Crippen LogP contribution in [0.5, 0.6) is 5.75 Å². The third kappa shape index (κ3) is 4.56. The first-order valence-electron chi connectivity index (χ1n) is 13.0. The summed E-state index contributed by atoms with van der Waals surface area (Å²) in [5.41, 5.74) is 5.23. The summed E-state index contributed by atoms with van der Waals surface area (Å²) >= 11 is 0. The van der Waals surface area contributed by atoms with Gasteiger partial charge in [-0.15, -0.1) is 0 Å².